The van der Waals surface area contributed by atoms with Crippen LogP contribution in [0.15, 0.2) is 30.6 Å². The molecule has 25 heavy (non-hydrogen) atoms. The molecule has 1 aliphatic heterocycles. The van der Waals surface area contributed by atoms with Gasteiger partial charge < -0.3 is 20.1 Å². The maximum Gasteiger partial charge on any atom is 0.255 e. The molecule has 7 nitrogen and oxygen atoms in total. The SMILES string of the molecule is O=C(c1cc[nH]c1)N1CCc2[nH]nc(-c3cc(Cl)c(O)cc3O)c2C1. The molecule has 3 aromatic rings. The van der Waals surface area contributed by atoms with Gasteiger partial charge in [-0.25, -0.2) is 0 Å². The van der Waals surface area contributed by atoms with Crippen LogP contribution in [0.5, 0.6) is 11.5 Å². The summed E-state index contributed by atoms with van der Waals surface area (Å²) in [4.78, 5) is 17.2. The van der Waals surface area contributed by atoms with E-state index >= 15 is 0 Å². The topological polar surface area (TPSA) is 105 Å². The van der Waals surface area contributed by atoms with E-state index in [0.717, 1.165) is 11.3 Å². The first-order valence-electron chi connectivity index (χ1n) is 7.74. The molecule has 0 fully saturated rings. The molecule has 4 N–H and O–H groups in total. The lowest BCUT2D eigenvalue weighted by Crippen LogP contribution is -2.35. The largest absolute Gasteiger partial charge is 0.507 e. The number of nitrogens with one attached hydrogen (secondary N) is 2. The van der Waals surface area contributed by atoms with Crippen LogP contribution in [-0.4, -0.2) is 42.7 Å². The molecule has 1 amide bonds. The Labute approximate surface area is 147 Å². The zero-order chi connectivity index (χ0) is 17.6. The molecule has 0 radical (unpaired) electrons. The molecular weight excluding hydrogens is 344 g/mol. The number of hydrogen-bond donors (Lipinski definition) is 4. The molecule has 2 aromatic heterocycles. The van der Waals surface area contributed by atoms with Crippen molar-refractivity contribution in [3.63, 3.8) is 0 Å². The minimum absolute atomic E-state index is 0.0630. The second-order valence-electron chi connectivity index (χ2n) is 5.93. The van der Waals surface area contributed by atoms with Gasteiger partial charge in [0.05, 0.1) is 10.6 Å². The summed E-state index contributed by atoms with van der Waals surface area (Å²) in [7, 11) is 0. The molecule has 0 saturated carbocycles. The van der Waals surface area contributed by atoms with Crippen molar-refractivity contribution in [2.75, 3.05) is 6.54 Å². The number of amides is 1. The van der Waals surface area contributed by atoms with Crippen molar-refractivity contribution in [2.45, 2.75) is 13.0 Å². The van der Waals surface area contributed by atoms with Crippen LogP contribution in [0.3, 0.4) is 0 Å². The molecular formula is C17H15ClN4O3. The average Bonchev–Trinajstić information content (AvgIpc) is 3.26. The van der Waals surface area contributed by atoms with Gasteiger partial charge in [0.1, 0.15) is 17.2 Å². The first kappa shape index (κ1) is 15.6. The lowest BCUT2D eigenvalue weighted by Gasteiger charge is -2.27. The number of fused-ring (bicyclic) bond motifs is 1. The molecule has 0 saturated heterocycles. The van der Waals surface area contributed by atoms with E-state index in [4.69, 9.17) is 11.6 Å². The van der Waals surface area contributed by atoms with Crippen LogP contribution in [0.1, 0.15) is 21.6 Å². The number of benzene rings is 1. The van der Waals surface area contributed by atoms with E-state index in [1.54, 1.807) is 23.4 Å². The molecule has 128 valence electrons. The number of nitrogens with zero attached hydrogens (tertiary/aromatic N) is 2. The van der Waals surface area contributed by atoms with Crippen molar-refractivity contribution >= 4 is 17.5 Å². The third-order valence-corrected chi connectivity index (χ3v) is 4.69. The van der Waals surface area contributed by atoms with Crippen LogP contribution in [0.2, 0.25) is 5.02 Å². The van der Waals surface area contributed by atoms with Crippen LogP contribution >= 0.6 is 11.6 Å². The van der Waals surface area contributed by atoms with E-state index in [1.807, 2.05) is 0 Å². The van der Waals surface area contributed by atoms with Gasteiger partial charge in [-0.15, -0.1) is 0 Å². The number of aromatic amines is 2. The van der Waals surface area contributed by atoms with Gasteiger partial charge in [-0.05, 0) is 12.1 Å². The van der Waals surface area contributed by atoms with Crippen LogP contribution < -0.4 is 0 Å². The number of aromatic hydroxyl groups is 2. The number of carbonyl (C=O) groups is 1. The minimum Gasteiger partial charge on any atom is -0.507 e. The Bertz CT molecular complexity index is 949. The predicted molar refractivity (Wildman–Crippen MR) is 91.6 cm³/mol. The van der Waals surface area contributed by atoms with Gasteiger partial charge in [0.2, 0.25) is 0 Å². The summed E-state index contributed by atoms with van der Waals surface area (Å²) < 4.78 is 0. The molecule has 4 rings (SSSR count). The summed E-state index contributed by atoms with van der Waals surface area (Å²) in [5.74, 6) is -0.381. The highest BCUT2D eigenvalue weighted by molar-refractivity contribution is 6.32. The first-order chi connectivity index (χ1) is 12.0. The third-order valence-electron chi connectivity index (χ3n) is 4.39. The van der Waals surface area contributed by atoms with Crippen molar-refractivity contribution in [2.24, 2.45) is 0 Å². The highest BCUT2D eigenvalue weighted by Gasteiger charge is 2.27. The Kier molecular flexibility index (Phi) is 3.65. The number of phenolic OH excluding ortho intramolecular Hbond substituents is 2. The van der Waals surface area contributed by atoms with Gasteiger partial charge in [-0.1, -0.05) is 11.6 Å². The summed E-state index contributed by atoms with van der Waals surface area (Å²) in [6, 6.07) is 4.39. The van der Waals surface area contributed by atoms with Crippen molar-refractivity contribution < 1.29 is 15.0 Å². The van der Waals surface area contributed by atoms with E-state index in [1.165, 1.54) is 12.1 Å². The smallest absolute Gasteiger partial charge is 0.255 e. The van der Waals surface area contributed by atoms with Gasteiger partial charge in [0, 0.05) is 54.8 Å². The number of H-pyrrole nitrogens is 2. The van der Waals surface area contributed by atoms with Gasteiger partial charge >= 0.3 is 0 Å². The first-order valence-corrected chi connectivity index (χ1v) is 8.12. The lowest BCUT2D eigenvalue weighted by atomic mass is 10.00. The molecule has 0 spiro atoms. The fourth-order valence-electron chi connectivity index (χ4n) is 3.07. The monoisotopic (exact) mass is 358 g/mol. The highest BCUT2D eigenvalue weighted by Crippen LogP contribution is 2.39. The molecule has 3 heterocycles. The third kappa shape index (κ3) is 2.62. The fraction of sp³-hybridized carbons (Fsp3) is 0.176. The van der Waals surface area contributed by atoms with Crippen molar-refractivity contribution in [3.8, 4) is 22.8 Å². The Balaban J connectivity index is 1.70. The van der Waals surface area contributed by atoms with E-state index in [0.29, 0.717) is 36.3 Å². The standard InChI is InChI=1S/C17H15ClN4O3/c18-12-5-10(14(23)6-15(12)24)16-11-8-22(4-2-13(11)20-21-16)17(25)9-1-3-19-7-9/h1,3,5-7,19,23-24H,2,4,8H2,(H,20,21). The molecule has 0 aliphatic carbocycles. The van der Waals surface area contributed by atoms with E-state index < -0.39 is 0 Å². The second kappa shape index (κ2) is 5.86. The van der Waals surface area contributed by atoms with Crippen molar-refractivity contribution in [1.82, 2.24) is 20.1 Å². The molecule has 8 heteroatoms. The van der Waals surface area contributed by atoms with E-state index in [9.17, 15) is 15.0 Å². The lowest BCUT2D eigenvalue weighted by molar-refractivity contribution is 0.0735. The zero-order valence-corrected chi connectivity index (χ0v) is 13.8. The predicted octanol–water partition coefficient (Wildman–Crippen LogP) is 2.67. The Hall–Kier alpha value is -2.93. The number of hydrogen-bond acceptors (Lipinski definition) is 4. The summed E-state index contributed by atoms with van der Waals surface area (Å²) >= 11 is 5.97. The van der Waals surface area contributed by atoms with E-state index in [-0.39, 0.29) is 22.4 Å². The molecule has 0 atom stereocenters. The number of rotatable bonds is 2. The maximum absolute atomic E-state index is 12.6. The Morgan fingerprint density at radius 2 is 2.12 bits per heavy atom. The van der Waals surface area contributed by atoms with Crippen LogP contribution in [0.25, 0.3) is 11.3 Å². The average molecular weight is 359 g/mol. The quantitative estimate of drug-likeness (QED) is 0.565. The summed E-state index contributed by atoms with van der Waals surface area (Å²) in [6.07, 6.45) is 4.02. The van der Waals surface area contributed by atoms with Crippen LogP contribution in [-0.2, 0) is 13.0 Å². The molecule has 0 unspecified atom stereocenters. The van der Waals surface area contributed by atoms with Crippen molar-refractivity contribution in [1.29, 1.82) is 0 Å². The van der Waals surface area contributed by atoms with Gasteiger partial charge in [-0.2, -0.15) is 5.10 Å². The van der Waals surface area contributed by atoms with Crippen molar-refractivity contribution in [3.05, 3.63) is 52.4 Å². The van der Waals surface area contributed by atoms with Gasteiger partial charge in [0.25, 0.3) is 5.91 Å². The fourth-order valence-corrected chi connectivity index (χ4v) is 3.23. The Morgan fingerprint density at radius 1 is 1.28 bits per heavy atom. The second-order valence-corrected chi connectivity index (χ2v) is 6.33. The van der Waals surface area contributed by atoms with E-state index in [2.05, 4.69) is 15.2 Å². The summed E-state index contributed by atoms with van der Waals surface area (Å²) in [5, 5.41) is 27.1. The number of halogens is 1. The highest BCUT2D eigenvalue weighted by atomic mass is 35.5. The summed E-state index contributed by atoms with van der Waals surface area (Å²) in [6.45, 7) is 0.962. The van der Waals surface area contributed by atoms with Crippen LogP contribution in [0.4, 0.5) is 0 Å². The zero-order valence-electron chi connectivity index (χ0n) is 13.1. The van der Waals surface area contributed by atoms with Gasteiger partial charge in [-0.3, -0.25) is 9.89 Å². The minimum atomic E-state index is -0.198. The molecule has 1 aliphatic rings. The molecule has 1 aromatic carbocycles. The van der Waals surface area contributed by atoms with Gasteiger partial charge in [0.15, 0.2) is 0 Å². The normalized spacial score (nSPS) is 13.7. The maximum atomic E-state index is 12.6. The number of aromatic nitrogens is 3. The number of carbonyl (C=O) groups excluding carboxylic acids is 1. The summed E-state index contributed by atoms with van der Waals surface area (Å²) in [5.41, 5.74) is 3.31. The molecule has 0 bridgehead atoms. The van der Waals surface area contributed by atoms with Crippen LogP contribution in [0, 0.1) is 0 Å². The number of phenols is 2. The Morgan fingerprint density at radius 3 is 2.88 bits per heavy atom.